The lowest BCUT2D eigenvalue weighted by atomic mass is 10.1. The maximum atomic E-state index is 12.5. The second-order valence-electron chi connectivity index (χ2n) is 5.00. The Kier molecular flexibility index (Phi) is 5.63. The molecule has 1 aromatic rings. The number of piperidine rings is 1. The number of rotatable bonds is 6. The van der Waals surface area contributed by atoms with E-state index in [4.69, 9.17) is 9.84 Å². The lowest BCUT2D eigenvalue weighted by Crippen LogP contribution is -2.41. The molecule has 0 unspecified atom stereocenters. The van der Waals surface area contributed by atoms with Crippen molar-refractivity contribution in [3.8, 4) is 0 Å². The minimum Gasteiger partial charge on any atom is -0.480 e. The molecule has 1 amide bonds. The number of aryl methyl sites for hydroxylation is 1. The van der Waals surface area contributed by atoms with E-state index >= 15 is 0 Å². The zero-order chi connectivity index (χ0) is 15.2. The first-order valence-electron chi connectivity index (χ1n) is 7.05. The lowest BCUT2D eigenvalue weighted by Gasteiger charge is -2.31. The van der Waals surface area contributed by atoms with Crippen molar-refractivity contribution in [1.82, 2.24) is 14.5 Å². The highest BCUT2D eigenvalue weighted by molar-refractivity contribution is 7.08. The fourth-order valence-corrected chi connectivity index (χ4v) is 3.01. The molecule has 0 aromatic carbocycles. The first-order chi connectivity index (χ1) is 10.1. The van der Waals surface area contributed by atoms with Gasteiger partial charge in [0.05, 0.1) is 11.8 Å². The van der Waals surface area contributed by atoms with Crippen LogP contribution >= 0.6 is 11.5 Å². The number of carboxylic acid groups (broad SMARTS) is 1. The molecule has 1 saturated heterocycles. The summed E-state index contributed by atoms with van der Waals surface area (Å²) in [5.74, 6) is -0.987. The van der Waals surface area contributed by atoms with Crippen LogP contribution in [0, 0.1) is 0 Å². The van der Waals surface area contributed by atoms with Crippen molar-refractivity contribution in [2.45, 2.75) is 38.7 Å². The van der Waals surface area contributed by atoms with Crippen molar-refractivity contribution in [3.05, 3.63) is 10.6 Å². The second kappa shape index (κ2) is 7.46. The molecule has 0 radical (unpaired) electrons. The van der Waals surface area contributed by atoms with Crippen LogP contribution in [-0.2, 0) is 16.0 Å². The van der Waals surface area contributed by atoms with Gasteiger partial charge in [0.1, 0.15) is 11.5 Å². The van der Waals surface area contributed by atoms with Crippen LogP contribution in [0.2, 0.25) is 0 Å². The molecule has 1 aliphatic heterocycles. The lowest BCUT2D eigenvalue weighted by molar-refractivity contribution is -0.145. The Balaban J connectivity index is 1.88. The Morgan fingerprint density at radius 3 is 2.76 bits per heavy atom. The quantitative estimate of drug-likeness (QED) is 0.848. The predicted octanol–water partition coefficient (Wildman–Crippen LogP) is 1.20. The van der Waals surface area contributed by atoms with Crippen LogP contribution in [0.15, 0.2) is 0 Å². The van der Waals surface area contributed by atoms with E-state index < -0.39 is 5.97 Å². The SMILES string of the molecule is CCCc1nnsc1C(=O)N1CCC(OCC(=O)O)CC1. The molecule has 0 aliphatic carbocycles. The Labute approximate surface area is 127 Å². The largest absolute Gasteiger partial charge is 0.480 e. The standard InChI is InChI=1S/C13H19N3O4S/c1-2-3-10-12(21-15-14-10)13(19)16-6-4-9(5-7-16)20-8-11(17)18/h9H,2-8H2,1H3,(H,17,18). The molecular weight excluding hydrogens is 294 g/mol. The van der Waals surface area contributed by atoms with Crippen molar-refractivity contribution < 1.29 is 19.4 Å². The van der Waals surface area contributed by atoms with E-state index in [0.717, 1.165) is 30.1 Å². The molecule has 0 spiro atoms. The minimum atomic E-state index is -0.964. The van der Waals surface area contributed by atoms with Crippen LogP contribution in [-0.4, -0.2) is 57.3 Å². The third-order valence-electron chi connectivity index (χ3n) is 3.41. The summed E-state index contributed by atoms with van der Waals surface area (Å²) in [6.07, 6.45) is 2.93. The second-order valence-corrected chi connectivity index (χ2v) is 5.75. The smallest absolute Gasteiger partial charge is 0.329 e. The van der Waals surface area contributed by atoms with Crippen LogP contribution < -0.4 is 0 Å². The molecule has 1 fully saturated rings. The number of hydrogen-bond donors (Lipinski definition) is 1. The normalized spacial score (nSPS) is 16.1. The summed E-state index contributed by atoms with van der Waals surface area (Å²) in [6.45, 7) is 2.91. The van der Waals surface area contributed by atoms with Gasteiger partial charge in [-0.2, -0.15) is 0 Å². The highest BCUT2D eigenvalue weighted by Crippen LogP contribution is 2.20. The highest BCUT2D eigenvalue weighted by Gasteiger charge is 2.27. The highest BCUT2D eigenvalue weighted by atomic mass is 32.1. The van der Waals surface area contributed by atoms with Gasteiger partial charge in [-0.1, -0.05) is 17.8 Å². The van der Waals surface area contributed by atoms with Crippen molar-refractivity contribution in [2.75, 3.05) is 19.7 Å². The number of carbonyl (C=O) groups excluding carboxylic acids is 1. The molecule has 21 heavy (non-hydrogen) atoms. The number of likely N-dealkylation sites (tertiary alicyclic amines) is 1. The van der Waals surface area contributed by atoms with Crippen molar-refractivity contribution in [2.24, 2.45) is 0 Å². The summed E-state index contributed by atoms with van der Waals surface area (Å²) < 4.78 is 9.14. The van der Waals surface area contributed by atoms with E-state index in [1.54, 1.807) is 4.90 Å². The molecule has 2 heterocycles. The third kappa shape index (κ3) is 4.21. The van der Waals surface area contributed by atoms with Gasteiger partial charge in [-0.25, -0.2) is 4.79 Å². The van der Waals surface area contributed by atoms with Gasteiger partial charge in [0.25, 0.3) is 5.91 Å². The average Bonchev–Trinajstić information content (AvgIpc) is 2.93. The molecule has 0 bridgehead atoms. The van der Waals surface area contributed by atoms with Gasteiger partial charge in [0.2, 0.25) is 0 Å². The van der Waals surface area contributed by atoms with Crippen LogP contribution in [0.3, 0.4) is 0 Å². The van der Waals surface area contributed by atoms with E-state index in [9.17, 15) is 9.59 Å². The van der Waals surface area contributed by atoms with Gasteiger partial charge in [-0.3, -0.25) is 4.79 Å². The fourth-order valence-electron chi connectivity index (χ4n) is 2.33. The molecule has 1 N–H and O–H groups in total. The maximum absolute atomic E-state index is 12.5. The molecular formula is C13H19N3O4S. The molecule has 8 heteroatoms. The molecule has 0 atom stereocenters. The number of amides is 1. The van der Waals surface area contributed by atoms with E-state index in [1.807, 2.05) is 6.92 Å². The first-order valence-corrected chi connectivity index (χ1v) is 7.83. The maximum Gasteiger partial charge on any atom is 0.329 e. The van der Waals surface area contributed by atoms with Gasteiger partial charge in [0.15, 0.2) is 0 Å². The van der Waals surface area contributed by atoms with Crippen molar-refractivity contribution in [3.63, 3.8) is 0 Å². The number of nitrogens with zero attached hydrogens (tertiary/aromatic N) is 3. The predicted molar refractivity (Wildman–Crippen MR) is 76.4 cm³/mol. The summed E-state index contributed by atoms with van der Waals surface area (Å²) in [5.41, 5.74) is 0.775. The Morgan fingerprint density at radius 2 is 2.14 bits per heavy atom. The Bertz CT molecular complexity index is 497. The van der Waals surface area contributed by atoms with Gasteiger partial charge in [-0.05, 0) is 30.8 Å². The fraction of sp³-hybridized carbons (Fsp3) is 0.692. The van der Waals surface area contributed by atoms with Gasteiger partial charge in [-0.15, -0.1) is 5.10 Å². The third-order valence-corrected chi connectivity index (χ3v) is 4.16. The zero-order valence-corrected chi connectivity index (χ0v) is 12.8. The van der Waals surface area contributed by atoms with Gasteiger partial charge in [0, 0.05) is 13.1 Å². The summed E-state index contributed by atoms with van der Waals surface area (Å²) >= 11 is 1.14. The number of carboxylic acids is 1. The van der Waals surface area contributed by atoms with E-state index in [2.05, 4.69) is 9.59 Å². The van der Waals surface area contributed by atoms with Crippen LogP contribution in [0.5, 0.6) is 0 Å². The summed E-state index contributed by atoms with van der Waals surface area (Å²) in [5, 5.41) is 12.6. The van der Waals surface area contributed by atoms with Crippen LogP contribution in [0.4, 0.5) is 0 Å². The molecule has 1 aliphatic rings. The van der Waals surface area contributed by atoms with E-state index in [-0.39, 0.29) is 18.6 Å². The zero-order valence-electron chi connectivity index (χ0n) is 11.9. The van der Waals surface area contributed by atoms with Crippen molar-refractivity contribution in [1.29, 1.82) is 0 Å². The summed E-state index contributed by atoms with van der Waals surface area (Å²) in [6, 6.07) is 0. The number of ether oxygens (including phenoxy) is 1. The molecule has 2 rings (SSSR count). The topological polar surface area (TPSA) is 92.6 Å². The minimum absolute atomic E-state index is 0.0230. The molecule has 7 nitrogen and oxygen atoms in total. The Morgan fingerprint density at radius 1 is 1.43 bits per heavy atom. The van der Waals surface area contributed by atoms with Gasteiger partial charge >= 0.3 is 5.97 Å². The van der Waals surface area contributed by atoms with Crippen LogP contribution in [0.25, 0.3) is 0 Å². The van der Waals surface area contributed by atoms with Gasteiger partial charge < -0.3 is 14.7 Å². The number of aliphatic carboxylic acids is 1. The van der Waals surface area contributed by atoms with E-state index in [1.165, 1.54) is 0 Å². The molecule has 1 aromatic heterocycles. The molecule has 116 valence electrons. The van der Waals surface area contributed by atoms with Crippen LogP contribution in [0.1, 0.15) is 41.6 Å². The molecule has 0 saturated carbocycles. The monoisotopic (exact) mass is 313 g/mol. The number of aromatic nitrogens is 2. The first kappa shape index (κ1) is 15.8. The van der Waals surface area contributed by atoms with E-state index in [0.29, 0.717) is 30.8 Å². The summed E-state index contributed by atoms with van der Waals surface area (Å²) in [7, 11) is 0. The summed E-state index contributed by atoms with van der Waals surface area (Å²) in [4.78, 5) is 25.3. The Hall–Kier alpha value is -1.54. The van der Waals surface area contributed by atoms with Crippen molar-refractivity contribution >= 4 is 23.4 Å². The number of carbonyl (C=O) groups is 2. The average molecular weight is 313 g/mol. The number of hydrogen-bond acceptors (Lipinski definition) is 6.